The van der Waals surface area contributed by atoms with Crippen LogP contribution in [0.15, 0.2) is 60.9 Å². The van der Waals surface area contributed by atoms with Crippen LogP contribution in [-0.4, -0.2) is 25.9 Å². The van der Waals surface area contributed by atoms with E-state index in [2.05, 4.69) is 41.5 Å². The van der Waals surface area contributed by atoms with Crippen molar-refractivity contribution in [2.24, 2.45) is 0 Å². The van der Waals surface area contributed by atoms with E-state index in [0.717, 1.165) is 29.2 Å². The topological polar surface area (TPSA) is 40.1 Å². The van der Waals surface area contributed by atoms with Crippen LogP contribution in [-0.2, 0) is 6.67 Å². The van der Waals surface area contributed by atoms with Crippen molar-refractivity contribution in [3.05, 3.63) is 70.7 Å². The van der Waals surface area contributed by atoms with Gasteiger partial charge in [-0.2, -0.15) is 9.78 Å². The summed E-state index contributed by atoms with van der Waals surface area (Å²) in [5.41, 5.74) is 2.15. The van der Waals surface area contributed by atoms with E-state index in [4.69, 9.17) is 17.2 Å². The molecule has 5 nitrogen and oxygen atoms in total. The molecule has 3 heterocycles. The van der Waals surface area contributed by atoms with Gasteiger partial charge in [0, 0.05) is 18.5 Å². The van der Waals surface area contributed by atoms with Gasteiger partial charge in [-0.15, -0.1) is 11.3 Å². The van der Waals surface area contributed by atoms with Crippen molar-refractivity contribution in [1.29, 1.82) is 0 Å². The maximum absolute atomic E-state index is 5.69. The van der Waals surface area contributed by atoms with Gasteiger partial charge in [-0.1, -0.05) is 30.3 Å². The molecule has 2 aromatic heterocycles. The number of thiazole rings is 1. The largest absolute Gasteiger partial charge is 0.308 e. The predicted molar refractivity (Wildman–Crippen MR) is 110 cm³/mol. The molecule has 5 rings (SSSR count). The monoisotopic (exact) mass is 394 g/mol. The summed E-state index contributed by atoms with van der Waals surface area (Å²) in [5, 5.41) is 5.80. The molecule has 0 bridgehead atoms. The van der Waals surface area contributed by atoms with Crippen molar-refractivity contribution in [3.63, 3.8) is 0 Å². The Hall–Kier alpha value is -2.35. The van der Waals surface area contributed by atoms with Crippen LogP contribution in [0.1, 0.15) is 23.9 Å². The SMILES string of the molecule is S=c1n(-c2ccccc2)cnn1C[NH+]1CCC[C@H]1c1nc2ccccc2s1. The zero-order valence-electron chi connectivity index (χ0n) is 14.8. The van der Waals surface area contributed by atoms with Gasteiger partial charge in [0.05, 0.1) is 16.8 Å². The fraction of sp³-hybridized carbons (Fsp3) is 0.250. The molecule has 0 radical (unpaired) electrons. The highest BCUT2D eigenvalue weighted by molar-refractivity contribution is 7.71. The van der Waals surface area contributed by atoms with Gasteiger partial charge in [0.1, 0.15) is 12.4 Å². The lowest BCUT2D eigenvalue weighted by Crippen LogP contribution is -3.09. The van der Waals surface area contributed by atoms with E-state index in [9.17, 15) is 0 Å². The summed E-state index contributed by atoms with van der Waals surface area (Å²) < 4.78 is 5.92. The standard InChI is InChI=1S/C20H19N5S2/c26-20-24(15-7-2-1-3-8-15)13-21-25(20)14-23-12-6-10-17(23)19-22-16-9-4-5-11-18(16)27-19/h1-5,7-9,11,13,17H,6,10,12,14H2/p+1/t17-/m0/s1. The summed E-state index contributed by atoms with van der Waals surface area (Å²) in [7, 11) is 0. The minimum absolute atomic E-state index is 0.422. The fourth-order valence-electron chi connectivity index (χ4n) is 3.84. The van der Waals surface area contributed by atoms with Crippen LogP contribution in [0.5, 0.6) is 0 Å². The van der Waals surface area contributed by atoms with Crippen molar-refractivity contribution < 1.29 is 4.90 Å². The fourth-order valence-corrected chi connectivity index (χ4v) is 5.27. The normalized spacial score (nSPS) is 19.7. The van der Waals surface area contributed by atoms with Gasteiger partial charge in [0.25, 0.3) is 0 Å². The molecule has 1 saturated heterocycles. The molecule has 0 saturated carbocycles. The van der Waals surface area contributed by atoms with E-state index >= 15 is 0 Å². The molecule has 27 heavy (non-hydrogen) atoms. The average Bonchev–Trinajstić information content (AvgIpc) is 3.41. The molecular formula is C20H20N5S2+. The number of likely N-dealkylation sites (tertiary alicyclic amines) is 1. The number of aromatic nitrogens is 4. The first kappa shape index (κ1) is 16.8. The molecule has 1 aliphatic rings. The van der Waals surface area contributed by atoms with Crippen molar-refractivity contribution in [2.45, 2.75) is 25.6 Å². The number of para-hydroxylation sites is 2. The van der Waals surface area contributed by atoms with Crippen molar-refractivity contribution >= 4 is 33.8 Å². The molecule has 1 unspecified atom stereocenters. The zero-order chi connectivity index (χ0) is 18.2. The second-order valence-electron chi connectivity index (χ2n) is 6.90. The smallest absolute Gasteiger partial charge is 0.207 e. The molecule has 4 aromatic rings. The van der Waals surface area contributed by atoms with Crippen LogP contribution < -0.4 is 4.90 Å². The van der Waals surface area contributed by atoms with Crippen LogP contribution >= 0.6 is 23.6 Å². The van der Waals surface area contributed by atoms with Gasteiger partial charge in [-0.25, -0.2) is 4.98 Å². The number of nitrogens with one attached hydrogen (secondary N) is 1. The van der Waals surface area contributed by atoms with E-state index in [-0.39, 0.29) is 0 Å². The molecule has 0 aliphatic carbocycles. The van der Waals surface area contributed by atoms with Crippen molar-refractivity contribution in [1.82, 2.24) is 19.3 Å². The van der Waals surface area contributed by atoms with Gasteiger partial charge in [-0.3, -0.25) is 4.57 Å². The first-order valence-electron chi connectivity index (χ1n) is 9.19. The van der Waals surface area contributed by atoms with Crippen LogP contribution in [0.4, 0.5) is 0 Å². The highest BCUT2D eigenvalue weighted by Gasteiger charge is 2.33. The van der Waals surface area contributed by atoms with E-state index in [1.165, 1.54) is 27.4 Å². The molecule has 2 atom stereocenters. The van der Waals surface area contributed by atoms with Crippen LogP contribution in [0.25, 0.3) is 15.9 Å². The van der Waals surface area contributed by atoms with Gasteiger partial charge in [0.2, 0.25) is 4.77 Å². The minimum atomic E-state index is 0.422. The number of quaternary nitrogens is 1. The van der Waals surface area contributed by atoms with Gasteiger partial charge in [-0.05, 0) is 36.5 Å². The van der Waals surface area contributed by atoms with Crippen molar-refractivity contribution in [2.75, 3.05) is 6.54 Å². The Labute approximate surface area is 166 Å². The quantitative estimate of drug-likeness (QED) is 0.540. The van der Waals surface area contributed by atoms with E-state index in [1.807, 2.05) is 45.1 Å². The Morgan fingerprint density at radius 1 is 1.11 bits per heavy atom. The highest BCUT2D eigenvalue weighted by atomic mass is 32.1. The van der Waals surface area contributed by atoms with Crippen LogP contribution in [0.2, 0.25) is 0 Å². The zero-order valence-corrected chi connectivity index (χ0v) is 16.4. The third-order valence-corrected chi connectivity index (χ3v) is 6.77. The summed E-state index contributed by atoms with van der Waals surface area (Å²) in [4.78, 5) is 6.39. The van der Waals surface area contributed by atoms with Gasteiger partial charge < -0.3 is 4.90 Å². The molecule has 2 aromatic carbocycles. The third-order valence-electron chi connectivity index (χ3n) is 5.21. The van der Waals surface area contributed by atoms with Crippen LogP contribution in [0.3, 0.4) is 0 Å². The Bertz CT molecular complexity index is 1090. The van der Waals surface area contributed by atoms with E-state index in [1.54, 1.807) is 0 Å². The van der Waals surface area contributed by atoms with E-state index < -0.39 is 0 Å². The van der Waals surface area contributed by atoms with Gasteiger partial charge >= 0.3 is 0 Å². The van der Waals surface area contributed by atoms with Crippen molar-refractivity contribution in [3.8, 4) is 5.69 Å². The van der Waals surface area contributed by atoms with E-state index in [0.29, 0.717) is 6.04 Å². The lowest BCUT2D eigenvalue weighted by molar-refractivity contribution is -0.941. The number of nitrogens with zero attached hydrogens (tertiary/aromatic N) is 4. The number of rotatable bonds is 4. The Morgan fingerprint density at radius 3 is 2.78 bits per heavy atom. The first-order valence-corrected chi connectivity index (χ1v) is 10.4. The summed E-state index contributed by atoms with van der Waals surface area (Å²) in [6.45, 7) is 1.90. The molecular weight excluding hydrogens is 374 g/mol. The maximum Gasteiger partial charge on any atom is 0.207 e. The second kappa shape index (κ2) is 6.99. The molecule has 1 N–H and O–H groups in total. The summed E-state index contributed by atoms with van der Waals surface area (Å²) in [6, 6.07) is 19.0. The molecule has 0 spiro atoms. The number of hydrogen-bond acceptors (Lipinski definition) is 4. The summed E-state index contributed by atoms with van der Waals surface area (Å²) in [6.07, 6.45) is 4.20. The number of benzene rings is 2. The van der Waals surface area contributed by atoms with Gasteiger partial charge in [0.15, 0.2) is 11.7 Å². The molecule has 1 aliphatic heterocycles. The number of hydrogen-bond donors (Lipinski definition) is 1. The summed E-state index contributed by atoms with van der Waals surface area (Å²) >= 11 is 7.51. The molecule has 136 valence electrons. The maximum atomic E-state index is 5.69. The lowest BCUT2D eigenvalue weighted by Gasteiger charge is -2.19. The second-order valence-corrected chi connectivity index (χ2v) is 8.33. The molecule has 7 heteroatoms. The Kier molecular flexibility index (Phi) is 4.35. The molecule has 0 amide bonds. The Balaban J connectivity index is 1.42. The summed E-state index contributed by atoms with van der Waals surface area (Å²) in [5.74, 6) is 0. The Morgan fingerprint density at radius 2 is 1.93 bits per heavy atom. The number of fused-ring (bicyclic) bond motifs is 1. The highest BCUT2D eigenvalue weighted by Crippen LogP contribution is 2.28. The predicted octanol–water partition coefficient (Wildman–Crippen LogP) is 3.39. The first-order chi connectivity index (χ1) is 13.3. The lowest BCUT2D eigenvalue weighted by atomic mass is 10.2. The average molecular weight is 395 g/mol. The minimum Gasteiger partial charge on any atom is -0.308 e. The van der Waals surface area contributed by atoms with Crippen LogP contribution in [0, 0.1) is 4.77 Å². The third kappa shape index (κ3) is 3.12. The molecule has 1 fully saturated rings.